The lowest BCUT2D eigenvalue weighted by Crippen LogP contribution is -2.49. The summed E-state index contributed by atoms with van der Waals surface area (Å²) in [5.41, 5.74) is 0. The molecule has 1 heterocycles. The normalized spacial score (nSPS) is 17.3. The molecule has 7 nitrogen and oxygen atoms in total. The number of phosphoric ester groups is 1. The van der Waals surface area contributed by atoms with Gasteiger partial charge in [0, 0.05) is 6.61 Å². The van der Waals surface area contributed by atoms with Crippen LogP contribution in [0.5, 0.6) is 0 Å². The number of rotatable bonds is 26. The second-order valence-corrected chi connectivity index (χ2v) is 12.3. The van der Waals surface area contributed by atoms with Crippen LogP contribution in [-0.4, -0.2) is 75.7 Å². The Bertz CT molecular complexity index is 530. The van der Waals surface area contributed by atoms with E-state index in [1.165, 1.54) is 103 Å². The SMILES string of the molecule is CCCCCCCCCCCCCCCCOCCOCCOP(=O)(O)OCC[N+]1(C)CCCCC1. The summed E-state index contributed by atoms with van der Waals surface area (Å²) in [5, 5.41) is 0. The number of nitrogens with zero attached hydrogens (tertiary/aromatic N) is 1. The number of hydrogen-bond donors (Lipinski definition) is 1. The summed E-state index contributed by atoms with van der Waals surface area (Å²) in [6.07, 6.45) is 22.7. The molecule has 1 N–H and O–H groups in total. The highest BCUT2D eigenvalue weighted by atomic mass is 31.2. The Hall–Kier alpha value is -0.0100. The first kappa shape index (κ1) is 34.0. The predicted molar refractivity (Wildman–Crippen MR) is 148 cm³/mol. The number of quaternary nitrogens is 1. The van der Waals surface area contributed by atoms with Crippen LogP contribution in [0.2, 0.25) is 0 Å². The number of unbranched alkanes of at least 4 members (excludes halogenated alkanes) is 13. The molecule has 1 unspecified atom stereocenters. The van der Waals surface area contributed by atoms with Crippen molar-refractivity contribution >= 4 is 7.82 Å². The minimum atomic E-state index is -4.01. The number of likely N-dealkylation sites (N-methyl/N-ethyl adjacent to an activating group) is 1. The van der Waals surface area contributed by atoms with E-state index >= 15 is 0 Å². The van der Waals surface area contributed by atoms with Gasteiger partial charge < -0.3 is 18.9 Å². The van der Waals surface area contributed by atoms with Gasteiger partial charge in [-0.15, -0.1) is 0 Å². The zero-order chi connectivity index (χ0) is 26.2. The van der Waals surface area contributed by atoms with E-state index in [4.69, 9.17) is 18.5 Å². The molecule has 0 amide bonds. The van der Waals surface area contributed by atoms with E-state index in [-0.39, 0.29) is 19.8 Å². The molecule has 0 radical (unpaired) electrons. The first-order chi connectivity index (χ1) is 17.5. The molecule has 1 atom stereocenters. The highest BCUT2D eigenvalue weighted by Crippen LogP contribution is 2.42. The van der Waals surface area contributed by atoms with Crippen LogP contribution in [0, 0.1) is 0 Å². The second-order valence-electron chi connectivity index (χ2n) is 10.8. The van der Waals surface area contributed by atoms with Gasteiger partial charge in [0.25, 0.3) is 0 Å². The van der Waals surface area contributed by atoms with Crippen LogP contribution >= 0.6 is 7.82 Å². The van der Waals surface area contributed by atoms with Crippen molar-refractivity contribution in [1.82, 2.24) is 0 Å². The number of likely N-dealkylation sites (tertiary alicyclic amines) is 1. The largest absolute Gasteiger partial charge is 0.472 e. The van der Waals surface area contributed by atoms with Gasteiger partial charge >= 0.3 is 7.82 Å². The van der Waals surface area contributed by atoms with Gasteiger partial charge in [-0.05, 0) is 25.7 Å². The Morgan fingerprint density at radius 2 is 1.06 bits per heavy atom. The molecular formula is C28H59NO6P+. The number of hydrogen-bond acceptors (Lipinski definition) is 5. The van der Waals surface area contributed by atoms with Crippen LogP contribution in [0.1, 0.15) is 116 Å². The Balaban J connectivity index is 1.77. The lowest BCUT2D eigenvalue weighted by molar-refractivity contribution is -0.914. The standard InChI is InChI=1S/C28H58NO6P/c1-3-4-5-6-7-8-9-10-11-12-13-14-15-19-23-32-25-26-33-27-28-35-36(30,31)34-24-22-29(2)20-17-16-18-21-29/h3-28H2,1-2H3/p+1. The molecule has 1 saturated heterocycles. The summed E-state index contributed by atoms with van der Waals surface area (Å²) in [6.45, 7) is 7.54. The van der Waals surface area contributed by atoms with Crippen LogP contribution in [-0.2, 0) is 23.1 Å². The van der Waals surface area contributed by atoms with Crippen LogP contribution in [0.4, 0.5) is 0 Å². The molecule has 0 bridgehead atoms. The van der Waals surface area contributed by atoms with Crippen molar-refractivity contribution in [3.05, 3.63) is 0 Å². The molecule has 1 fully saturated rings. The first-order valence-corrected chi connectivity index (χ1v) is 16.6. The van der Waals surface area contributed by atoms with Gasteiger partial charge in [0.1, 0.15) is 13.2 Å². The zero-order valence-corrected chi connectivity index (χ0v) is 24.7. The summed E-state index contributed by atoms with van der Waals surface area (Å²) < 4.78 is 34.1. The highest BCUT2D eigenvalue weighted by molar-refractivity contribution is 7.47. The van der Waals surface area contributed by atoms with Gasteiger partial charge in [-0.2, -0.15) is 0 Å². The van der Waals surface area contributed by atoms with E-state index in [9.17, 15) is 9.46 Å². The van der Waals surface area contributed by atoms with Crippen molar-refractivity contribution in [3.63, 3.8) is 0 Å². The Morgan fingerprint density at radius 1 is 0.611 bits per heavy atom. The molecule has 0 aromatic rings. The summed E-state index contributed by atoms with van der Waals surface area (Å²) in [6, 6.07) is 0. The molecular weight excluding hydrogens is 477 g/mol. The van der Waals surface area contributed by atoms with E-state index in [0.717, 1.165) is 37.1 Å². The summed E-state index contributed by atoms with van der Waals surface area (Å²) in [5.74, 6) is 0. The van der Waals surface area contributed by atoms with Gasteiger partial charge in [0.05, 0.1) is 46.6 Å². The van der Waals surface area contributed by atoms with E-state index in [0.29, 0.717) is 13.2 Å². The fourth-order valence-electron chi connectivity index (χ4n) is 4.85. The van der Waals surface area contributed by atoms with Gasteiger partial charge in [-0.25, -0.2) is 4.57 Å². The summed E-state index contributed by atoms with van der Waals surface area (Å²) in [4.78, 5) is 9.81. The highest BCUT2D eigenvalue weighted by Gasteiger charge is 2.27. The average Bonchev–Trinajstić information content (AvgIpc) is 2.85. The van der Waals surface area contributed by atoms with E-state index in [2.05, 4.69) is 14.0 Å². The Morgan fingerprint density at radius 3 is 1.61 bits per heavy atom. The minimum absolute atomic E-state index is 0.0405. The number of phosphoric acid groups is 1. The van der Waals surface area contributed by atoms with Gasteiger partial charge in [0.2, 0.25) is 0 Å². The molecule has 0 aliphatic carbocycles. The third-order valence-corrected chi connectivity index (χ3v) is 8.30. The van der Waals surface area contributed by atoms with Crippen molar-refractivity contribution in [1.29, 1.82) is 0 Å². The van der Waals surface area contributed by atoms with E-state index in [1.54, 1.807) is 0 Å². The van der Waals surface area contributed by atoms with Crippen LogP contribution < -0.4 is 0 Å². The molecule has 1 aliphatic heterocycles. The van der Waals surface area contributed by atoms with Crippen molar-refractivity contribution in [2.75, 3.05) is 66.3 Å². The summed E-state index contributed by atoms with van der Waals surface area (Å²) in [7, 11) is -1.82. The van der Waals surface area contributed by atoms with Gasteiger partial charge in [-0.1, -0.05) is 90.4 Å². The topological polar surface area (TPSA) is 74.2 Å². The zero-order valence-electron chi connectivity index (χ0n) is 23.8. The van der Waals surface area contributed by atoms with E-state index < -0.39 is 7.82 Å². The van der Waals surface area contributed by atoms with Crippen molar-refractivity contribution in [2.45, 2.75) is 116 Å². The van der Waals surface area contributed by atoms with Crippen LogP contribution in [0.3, 0.4) is 0 Å². The maximum absolute atomic E-state index is 12.0. The molecule has 216 valence electrons. The molecule has 8 heteroatoms. The average molecular weight is 537 g/mol. The van der Waals surface area contributed by atoms with Crippen molar-refractivity contribution in [2.24, 2.45) is 0 Å². The molecule has 1 rings (SSSR count). The lowest BCUT2D eigenvalue weighted by Gasteiger charge is -2.37. The predicted octanol–water partition coefficient (Wildman–Crippen LogP) is 7.27. The molecule has 36 heavy (non-hydrogen) atoms. The third-order valence-electron chi connectivity index (χ3n) is 7.28. The van der Waals surface area contributed by atoms with Crippen LogP contribution in [0.15, 0.2) is 0 Å². The number of ether oxygens (including phenoxy) is 2. The maximum atomic E-state index is 12.0. The van der Waals surface area contributed by atoms with Crippen molar-refractivity contribution in [3.8, 4) is 0 Å². The van der Waals surface area contributed by atoms with Gasteiger partial charge in [0.15, 0.2) is 0 Å². The monoisotopic (exact) mass is 536 g/mol. The third kappa shape index (κ3) is 21.0. The van der Waals surface area contributed by atoms with Crippen LogP contribution in [0.25, 0.3) is 0 Å². The molecule has 1 aliphatic rings. The fourth-order valence-corrected chi connectivity index (χ4v) is 5.54. The second kappa shape index (κ2) is 22.9. The minimum Gasteiger partial charge on any atom is -0.379 e. The van der Waals surface area contributed by atoms with Gasteiger partial charge in [-0.3, -0.25) is 9.05 Å². The number of piperidine rings is 1. The molecule has 0 aromatic heterocycles. The lowest BCUT2D eigenvalue weighted by atomic mass is 10.0. The maximum Gasteiger partial charge on any atom is 0.472 e. The van der Waals surface area contributed by atoms with E-state index in [1.807, 2.05) is 0 Å². The molecule has 0 saturated carbocycles. The Labute approximate surface area is 222 Å². The first-order valence-electron chi connectivity index (χ1n) is 15.1. The fraction of sp³-hybridized carbons (Fsp3) is 1.00. The van der Waals surface area contributed by atoms with Crippen molar-refractivity contribution < 1.29 is 32.5 Å². The molecule has 0 spiro atoms. The molecule has 0 aromatic carbocycles. The Kier molecular flexibility index (Phi) is 21.7. The quantitative estimate of drug-likeness (QED) is 0.0712. The smallest absolute Gasteiger partial charge is 0.379 e. The summed E-state index contributed by atoms with van der Waals surface area (Å²) >= 11 is 0.